The molecule has 3 rings (SSSR count). The van der Waals surface area contributed by atoms with Gasteiger partial charge in [-0.1, -0.05) is 30.3 Å². The Kier molecular flexibility index (Phi) is 6.78. The molecule has 2 amide bonds. The van der Waals surface area contributed by atoms with Crippen molar-refractivity contribution in [3.8, 4) is 0 Å². The molecule has 0 bridgehead atoms. The lowest BCUT2D eigenvalue weighted by atomic mass is 10.2. The minimum atomic E-state index is -0.451. The number of aromatic nitrogens is 4. The van der Waals surface area contributed by atoms with Gasteiger partial charge in [0.25, 0.3) is 0 Å². The van der Waals surface area contributed by atoms with Crippen LogP contribution in [0.1, 0.15) is 24.4 Å². The quantitative estimate of drug-likeness (QED) is 0.596. The molecule has 1 aromatic carbocycles. The van der Waals surface area contributed by atoms with Crippen molar-refractivity contribution in [3.63, 3.8) is 0 Å². The van der Waals surface area contributed by atoms with Crippen molar-refractivity contribution < 1.29 is 9.59 Å². The van der Waals surface area contributed by atoms with Crippen LogP contribution < -0.4 is 5.32 Å². The fourth-order valence-corrected chi connectivity index (χ4v) is 3.10. The number of imidazole rings is 1. The third kappa shape index (κ3) is 5.54. The molecule has 0 aliphatic carbocycles. The van der Waals surface area contributed by atoms with E-state index in [1.807, 2.05) is 24.4 Å². The molecule has 2 heterocycles. The highest BCUT2D eigenvalue weighted by Gasteiger charge is 2.21. The highest BCUT2D eigenvalue weighted by Crippen LogP contribution is 2.08. The van der Waals surface area contributed by atoms with Gasteiger partial charge in [0.1, 0.15) is 11.9 Å². The summed E-state index contributed by atoms with van der Waals surface area (Å²) in [6, 6.07) is 11.5. The van der Waals surface area contributed by atoms with E-state index >= 15 is 0 Å². The average molecular weight is 394 g/mol. The molecule has 0 aliphatic rings. The fourth-order valence-electron chi connectivity index (χ4n) is 3.10. The number of rotatable bonds is 9. The lowest BCUT2D eigenvalue weighted by Gasteiger charge is -2.21. The van der Waals surface area contributed by atoms with E-state index in [1.165, 1.54) is 10.5 Å². The topological polar surface area (TPSA) is 85.0 Å². The second kappa shape index (κ2) is 9.68. The van der Waals surface area contributed by atoms with Gasteiger partial charge in [-0.25, -0.2) is 4.98 Å². The summed E-state index contributed by atoms with van der Waals surface area (Å²) in [5.41, 5.74) is 1.20. The monoisotopic (exact) mass is 394 g/mol. The summed E-state index contributed by atoms with van der Waals surface area (Å²) in [6.45, 7) is 2.97. The molecule has 152 valence electrons. The molecule has 8 nitrogen and oxygen atoms in total. The molecule has 3 aromatic rings. The van der Waals surface area contributed by atoms with Gasteiger partial charge in [0, 0.05) is 51.3 Å². The van der Waals surface area contributed by atoms with Gasteiger partial charge >= 0.3 is 0 Å². The Morgan fingerprint density at radius 3 is 2.66 bits per heavy atom. The van der Waals surface area contributed by atoms with Crippen molar-refractivity contribution in [2.45, 2.75) is 25.9 Å². The van der Waals surface area contributed by atoms with Gasteiger partial charge in [-0.3, -0.25) is 14.3 Å². The summed E-state index contributed by atoms with van der Waals surface area (Å²) in [5, 5.41) is 6.94. The van der Waals surface area contributed by atoms with Crippen molar-refractivity contribution in [1.82, 2.24) is 29.5 Å². The molecule has 0 aliphatic heterocycles. The zero-order valence-electron chi connectivity index (χ0n) is 16.7. The average Bonchev–Trinajstić information content (AvgIpc) is 3.40. The fraction of sp³-hybridized carbons (Fsp3) is 0.333. The van der Waals surface area contributed by atoms with E-state index in [0.29, 0.717) is 13.0 Å². The first-order chi connectivity index (χ1) is 14.0. The van der Waals surface area contributed by atoms with E-state index < -0.39 is 6.04 Å². The number of amides is 2. The third-order valence-electron chi connectivity index (χ3n) is 4.70. The summed E-state index contributed by atoms with van der Waals surface area (Å²) in [6.07, 6.45) is 7.68. The number of carbonyl (C=O) groups excluding carboxylic acids is 2. The molecule has 8 heteroatoms. The van der Waals surface area contributed by atoms with E-state index in [9.17, 15) is 9.59 Å². The van der Waals surface area contributed by atoms with Crippen LogP contribution in [0.2, 0.25) is 0 Å². The smallest absolute Gasteiger partial charge is 0.247 e. The number of nitrogens with one attached hydrogen (secondary N) is 1. The van der Waals surface area contributed by atoms with Crippen LogP contribution in [0, 0.1) is 0 Å². The Bertz CT molecular complexity index is 920. The Morgan fingerprint density at radius 1 is 1.14 bits per heavy atom. The van der Waals surface area contributed by atoms with Crippen LogP contribution in [0.4, 0.5) is 0 Å². The van der Waals surface area contributed by atoms with Crippen LogP contribution in [0.3, 0.4) is 0 Å². The van der Waals surface area contributed by atoms with Crippen LogP contribution in [-0.2, 0) is 22.6 Å². The van der Waals surface area contributed by atoms with Crippen LogP contribution in [0.5, 0.6) is 0 Å². The molecule has 1 N–H and O–H groups in total. The first-order valence-electron chi connectivity index (χ1n) is 9.59. The summed E-state index contributed by atoms with van der Waals surface area (Å²) >= 11 is 0. The molecule has 0 saturated carbocycles. The van der Waals surface area contributed by atoms with Gasteiger partial charge < -0.3 is 14.8 Å². The largest absolute Gasteiger partial charge is 0.354 e. The zero-order valence-corrected chi connectivity index (χ0v) is 16.7. The molecule has 0 spiro atoms. The van der Waals surface area contributed by atoms with Gasteiger partial charge in [-0.05, 0) is 18.6 Å². The Hall–Kier alpha value is -3.42. The van der Waals surface area contributed by atoms with E-state index in [-0.39, 0.29) is 18.4 Å². The van der Waals surface area contributed by atoms with Crippen LogP contribution in [-0.4, -0.2) is 56.2 Å². The maximum atomic E-state index is 12.4. The van der Waals surface area contributed by atoms with Gasteiger partial charge in [0.15, 0.2) is 0 Å². The van der Waals surface area contributed by atoms with Crippen molar-refractivity contribution in [2.24, 2.45) is 0 Å². The molecule has 1 atom stereocenters. The van der Waals surface area contributed by atoms with Crippen LogP contribution in [0.15, 0.2) is 61.2 Å². The first kappa shape index (κ1) is 20.3. The summed E-state index contributed by atoms with van der Waals surface area (Å²) in [7, 11) is 1.62. The maximum absolute atomic E-state index is 12.4. The highest BCUT2D eigenvalue weighted by atomic mass is 16.2. The number of benzene rings is 1. The van der Waals surface area contributed by atoms with Crippen molar-refractivity contribution in [3.05, 3.63) is 72.6 Å². The molecule has 2 aromatic heterocycles. The molecule has 29 heavy (non-hydrogen) atoms. The third-order valence-corrected chi connectivity index (χ3v) is 4.70. The Balaban J connectivity index is 1.44. The standard InChI is InChI=1S/C21H26N6O2/c1-17(27-13-6-10-24-27)21(29)25(2)16-20(28)23-11-9-19-22-12-14-26(19)15-18-7-4-3-5-8-18/h3-8,10,12-14,17H,9,11,15-16H2,1-2H3,(H,23,28). The zero-order chi connectivity index (χ0) is 20.6. The summed E-state index contributed by atoms with van der Waals surface area (Å²) in [4.78, 5) is 30.4. The molecular formula is C21H26N6O2. The van der Waals surface area contributed by atoms with Crippen molar-refractivity contribution >= 4 is 11.8 Å². The number of nitrogens with zero attached hydrogens (tertiary/aromatic N) is 5. The molecule has 0 fully saturated rings. The minimum Gasteiger partial charge on any atom is -0.354 e. The normalized spacial score (nSPS) is 11.8. The second-order valence-electron chi connectivity index (χ2n) is 6.91. The molecule has 0 saturated heterocycles. The number of hydrogen-bond donors (Lipinski definition) is 1. The summed E-state index contributed by atoms with van der Waals surface area (Å²) in [5.74, 6) is 0.544. The van der Waals surface area contributed by atoms with Crippen LogP contribution in [0.25, 0.3) is 0 Å². The predicted octanol–water partition coefficient (Wildman–Crippen LogP) is 1.51. The molecule has 0 radical (unpaired) electrons. The number of carbonyl (C=O) groups is 2. The number of likely N-dealkylation sites (N-methyl/N-ethyl adjacent to an activating group) is 1. The van der Waals surface area contributed by atoms with Gasteiger partial charge in [0.05, 0.1) is 6.54 Å². The lowest BCUT2D eigenvalue weighted by Crippen LogP contribution is -2.41. The van der Waals surface area contributed by atoms with Gasteiger partial charge in [-0.2, -0.15) is 5.10 Å². The van der Waals surface area contributed by atoms with Crippen molar-refractivity contribution in [2.75, 3.05) is 20.1 Å². The van der Waals surface area contributed by atoms with E-state index in [4.69, 9.17) is 0 Å². The molecule has 1 unspecified atom stereocenters. The summed E-state index contributed by atoms with van der Waals surface area (Å²) < 4.78 is 3.65. The Labute approximate surface area is 170 Å². The predicted molar refractivity (Wildman–Crippen MR) is 109 cm³/mol. The minimum absolute atomic E-state index is 0.00287. The van der Waals surface area contributed by atoms with Crippen molar-refractivity contribution in [1.29, 1.82) is 0 Å². The second-order valence-corrected chi connectivity index (χ2v) is 6.91. The van der Waals surface area contributed by atoms with E-state index in [2.05, 4.69) is 32.1 Å². The number of hydrogen-bond acceptors (Lipinski definition) is 4. The SMILES string of the molecule is CC(C(=O)N(C)CC(=O)NCCc1nccn1Cc1ccccc1)n1cccn1. The maximum Gasteiger partial charge on any atom is 0.247 e. The highest BCUT2D eigenvalue weighted by molar-refractivity contribution is 5.86. The molecular weight excluding hydrogens is 368 g/mol. The Morgan fingerprint density at radius 2 is 1.93 bits per heavy atom. The lowest BCUT2D eigenvalue weighted by molar-refractivity contribution is -0.137. The van der Waals surface area contributed by atoms with Crippen LogP contribution >= 0.6 is 0 Å². The van der Waals surface area contributed by atoms with E-state index in [0.717, 1.165) is 12.4 Å². The van der Waals surface area contributed by atoms with Gasteiger partial charge in [0.2, 0.25) is 11.8 Å². The van der Waals surface area contributed by atoms with E-state index in [1.54, 1.807) is 43.3 Å². The van der Waals surface area contributed by atoms with Gasteiger partial charge in [-0.15, -0.1) is 0 Å². The first-order valence-corrected chi connectivity index (χ1v) is 9.59.